The Labute approximate surface area is 233 Å². The highest BCUT2D eigenvalue weighted by Crippen LogP contribution is 2.66. The molecule has 8 nitrogen and oxygen atoms in total. The van der Waals surface area contributed by atoms with Gasteiger partial charge in [0.05, 0.1) is 0 Å². The van der Waals surface area contributed by atoms with Crippen molar-refractivity contribution >= 4 is 29.1 Å². The molecule has 2 bridgehead atoms. The summed E-state index contributed by atoms with van der Waals surface area (Å²) < 4.78 is 6.14. The second-order valence-electron chi connectivity index (χ2n) is 12.1. The van der Waals surface area contributed by atoms with Gasteiger partial charge in [0, 0.05) is 23.3 Å². The highest BCUT2D eigenvalue weighted by Gasteiger charge is 2.63. The fourth-order valence-electron chi connectivity index (χ4n) is 6.87. The van der Waals surface area contributed by atoms with Crippen LogP contribution in [0.2, 0.25) is 0 Å². The van der Waals surface area contributed by atoms with E-state index in [1.807, 2.05) is 5.38 Å². The fourth-order valence-corrected chi connectivity index (χ4v) is 7.63. The lowest BCUT2D eigenvalue weighted by Crippen LogP contribution is -2.50. The van der Waals surface area contributed by atoms with Crippen molar-refractivity contribution in [1.29, 1.82) is 0 Å². The number of nitrogens with one attached hydrogen (secondary N) is 1. The van der Waals surface area contributed by atoms with Crippen LogP contribution in [0.25, 0.3) is 0 Å². The number of phenols is 1. The predicted molar refractivity (Wildman–Crippen MR) is 147 cm³/mol. The van der Waals surface area contributed by atoms with E-state index in [2.05, 4.69) is 26.1 Å². The van der Waals surface area contributed by atoms with Gasteiger partial charge in [0.2, 0.25) is 5.91 Å². The Morgan fingerprint density at radius 3 is 2.51 bits per heavy atom. The summed E-state index contributed by atoms with van der Waals surface area (Å²) in [7, 11) is 0. The van der Waals surface area contributed by atoms with E-state index in [0.29, 0.717) is 35.7 Å². The molecule has 6 unspecified atom stereocenters. The van der Waals surface area contributed by atoms with E-state index in [0.717, 1.165) is 19.3 Å². The maximum absolute atomic E-state index is 13.8. The number of hydrogen-bond acceptors (Lipinski definition) is 7. The van der Waals surface area contributed by atoms with Crippen LogP contribution in [-0.2, 0) is 25.5 Å². The van der Waals surface area contributed by atoms with Gasteiger partial charge in [0.1, 0.15) is 30.0 Å². The molecule has 5 rings (SSSR count). The molecule has 1 aliphatic heterocycles. The maximum Gasteiger partial charge on any atom is 0.329 e. The van der Waals surface area contributed by atoms with Crippen LogP contribution in [0, 0.1) is 16.7 Å². The van der Waals surface area contributed by atoms with Crippen LogP contribution >= 0.6 is 11.3 Å². The van der Waals surface area contributed by atoms with Crippen molar-refractivity contribution in [3.8, 4) is 5.75 Å². The monoisotopic (exact) mass is 554 g/mol. The minimum absolute atomic E-state index is 0.0353. The third-order valence-electron chi connectivity index (χ3n) is 9.81. The summed E-state index contributed by atoms with van der Waals surface area (Å²) in [5, 5.41) is 24.6. The van der Waals surface area contributed by atoms with E-state index in [-0.39, 0.29) is 41.0 Å². The number of aliphatic hydroxyl groups is 1. The van der Waals surface area contributed by atoms with Gasteiger partial charge in [-0.3, -0.25) is 9.59 Å². The third kappa shape index (κ3) is 5.07. The zero-order chi connectivity index (χ0) is 27.9. The Hall–Kier alpha value is -2.91. The van der Waals surface area contributed by atoms with Gasteiger partial charge in [-0.2, -0.15) is 0 Å². The minimum Gasteiger partial charge on any atom is -0.508 e. The number of carbonyl (C=O) groups is 3. The Kier molecular flexibility index (Phi) is 7.50. The van der Waals surface area contributed by atoms with Crippen molar-refractivity contribution in [1.82, 2.24) is 10.2 Å². The van der Waals surface area contributed by atoms with E-state index in [4.69, 9.17) is 4.74 Å². The van der Waals surface area contributed by atoms with E-state index in [1.165, 1.54) is 23.5 Å². The summed E-state index contributed by atoms with van der Waals surface area (Å²) in [5.41, 5.74) is 0.717. The number of rotatable bonds is 8. The molecule has 2 aromatic rings. The molecule has 2 amide bonds. The molecule has 3 N–H and O–H groups in total. The van der Waals surface area contributed by atoms with Crippen LogP contribution < -0.4 is 5.32 Å². The molecule has 3 fully saturated rings. The lowest BCUT2D eigenvalue weighted by atomic mass is 9.70. The summed E-state index contributed by atoms with van der Waals surface area (Å²) in [6, 6.07) is 8.10. The molecule has 6 atom stereocenters. The van der Waals surface area contributed by atoms with Crippen LogP contribution in [0.15, 0.2) is 41.8 Å². The van der Waals surface area contributed by atoms with Crippen LogP contribution in [0.4, 0.5) is 0 Å². The van der Waals surface area contributed by atoms with Gasteiger partial charge in [0.15, 0.2) is 0 Å². The molecule has 1 aromatic carbocycles. The minimum atomic E-state index is -1.38. The van der Waals surface area contributed by atoms with Gasteiger partial charge in [-0.05, 0) is 72.6 Å². The fraction of sp³-hybridized carbons (Fsp3) is 0.567. The SMILES string of the molecule is CC1(C)C2CCC1(C)C(OC(=O)C1CCCN1C(=O)C(NC(=O)C(O)Cc1ccc(O)cc1)c1cccs1)C2. The number of fused-ring (bicyclic) bond motifs is 2. The van der Waals surface area contributed by atoms with Crippen LogP contribution in [0.1, 0.15) is 69.4 Å². The number of aromatic hydroxyl groups is 1. The highest BCUT2D eigenvalue weighted by atomic mass is 32.1. The number of ether oxygens (including phenoxy) is 1. The van der Waals surface area contributed by atoms with Crippen molar-refractivity contribution in [2.75, 3.05) is 6.54 Å². The molecule has 2 aliphatic carbocycles. The van der Waals surface area contributed by atoms with Crippen molar-refractivity contribution < 1.29 is 29.3 Å². The summed E-state index contributed by atoms with van der Waals surface area (Å²) in [6.45, 7) is 7.17. The molecule has 210 valence electrons. The number of nitrogens with zero attached hydrogens (tertiary/aromatic N) is 1. The molecule has 0 radical (unpaired) electrons. The molecular weight excluding hydrogens is 516 g/mol. The quantitative estimate of drug-likeness (QED) is 0.426. The molecule has 3 aliphatic rings. The first-order valence-electron chi connectivity index (χ1n) is 13.8. The average Bonchev–Trinajstić information content (AvgIpc) is 3.68. The van der Waals surface area contributed by atoms with E-state index < -0.39 is 24.1 Å². The molecule has 1 saturated heterocycles. The lowest BCUT2D eigenvalue weighted by molar-refractivity contribution is -0.165. The molecule has 9 heteroatoms. The average molecular weight is 555 g/mol. The summed E-state index contributed by atoms with van der Waals surface area (Å²) >= 11 is 1.33. The van der Waals surface area contributed by atoms with Gasteiger partial charge in [-0.25, -0.2) is 4.79 Å². The Balaban J connectivity index is 1.28. The summed E-state index contributed by atoms with van der Waals surface area (Å²) in [5.74, 6) is -0.781. The van der Waals surface area contributed by atoms with Gasteiger partial charge in [-0.15, -0.1) is 11.3 Å². The number of esters is 1. The summed E-state index contributed by atoms with van der Waals surface area (Å²) in [4.78, 5) is 42.5. The normalized spacial score (nSPS) is 28.7. The van der Waals surface area contributed by atoms with E-state index in [1.54, 1.807) is 29.2 Å². The second-order valence-corrected chi connectivity index (χ2v) is 13.0. The van der Waals surface area contributed by atoms with Crippen LogP contribution in [0.5, 0.6) is 5.75 Å². The van der Waals surface area contributed by atoms with Crippen molar-refractivity contribution in [3.05, 3.63) is 52.2 Å². The van der Waals surface area contributed by atoms with Gasteiger partial charge < -0.3 is 25.2 Å². The Morgan fingerprint density at radius 2 is 1.90 bits per heavy atom. The number of hydrogen-bond donors (Lipinski definition) is 3. The van der Waals surface area contributed by atoms with E-state index in [9.17, 15) is 24.6 Å². The van der Waals surface area contributed by atoms with Gasteiger partial charge >= 0.3 is 5.97 Å². The largest absolute Gasteiger partial charge is 0.508 e. The van der Waals surface area contributed by atoms with Crippen LogP contribution in [-0.4, -0.2) is 57.7 Å². The first-order valence-corrected chi connectivity index (χ1v) is 14.7. The Morgan fingerprint density at radius 1 is 1.15 bits per heavy atom. The number of likely N-dealkylation sites (tertiary alicyclic amines) is 1. The Bertz CT molecular complexity index is 1210. The number of carbonyl (C=O) groups excluding carboxylic acids is 3. The van der Waals surface area contributed by atoms with Crippen molar-refractivity contribution in [2.24, 2.45) is 16.7 Å². The molecule has 39 heavy (non-hydrogen) atoms. The summed E-state index contributed by atoms with van der Waals surface area (Å²) in [6.07, 6.45) is 2.76. The van der Waals surface area contributed by atoms with Crippen molar-refractivity contribution in [3.63, 3.8) is 0 Å². The first-order chi connectivity index (χ1) is 18.5. The maximum atomic E-state index is 13.8. The number of thiophene rings is 1. The lowest BCUT2D eigenvalue weighted by Gasteiger charge is -2.39. The smallest absolute Gasteiger partial charge is 0.329 e. The van der Waals surface area contributed by atoms with Crippen LogP contribution in [0.3, 0.4) is 0 Å². The van der Waals surface area contributed by atoms with Crippen molar-refractivity contribution in [2.45, 2.75) is 83.6 Å². The third-order valence-corrected chi connectivity index (χ3v) is 10.7. The zero-order valence-corrected chi connectivity index (χ0v) is 23.6. The number of benzene rings is 1. The number of amides is 2. The molecule has 2 heterocycles. The molecule has 0 spiro atoms. The second kappa shape index (κ2) is 10.6. The molecule has 2 saturated carbocycles. The first kappa shape index (κ1) is 27.6. The zero-order valence-electron chi connectivity index (χ0n) is 22.8. The van der Waals surface area contributed by atoms with Gasteiger partial charge in [0.25, 0.3) is 5.91 Å². The molecular formula is C30H38N2O6S. The number of aliphatic hydroxyl groups excluding tert-OH is 1. The topological polar surface area (TPSA) is 116 Å². The predicted octanol–water partition coefficient (Wildman–Crippen LogP) is 3.96. The standard InChI is InChI=1S/C30H38N2O6S/c1-29(2)19-12-13-30(29,3)24(17-19)38-28(37)21-6-4-14-32(21)27(36)25(23-7-5-15-39-23)31-26(35)22(34)16-18-8-10-20(33)11-9-18/h5,7-11,15,19,21-22,24-25,33-34H,4,6,12-14,16-17H2,1-3H3,(H,31,35). The van der Waals surface area contributed by atoms with E-state index >= 15 is 0 Å². The highest BCUT2D eigenvalue weighted by molar-refractivity contribution is 7.10. The number of phenolic OH excluding ortho intramolecular Hbond substituents is 1. The van der Waals surface area contributed by atoms with Gasteiger partial charge in [-0.1, -0.05) is 39.0 Å². The molecule has 1 aromatic heterocycles.